The third-order valence-electron chi connectivity index (χ3n) is 5.43. The first-order valence-corrected chi connectivity index (χ1v) is 10.4. The molecular weight excluding hydrogens is 420 g/mol. The molecule has 5 aromatic rings. The van der Waals surface area contributed by atoms with Gasteiger partial charge in [0.25, 0.3) is 5.78 Å². The number of aromatic nitrogens is 9. The lowest BCUT2D eigenvalue weighted by Crippen LogP contribution is -2.06. The van der Waals surface area contributed by atoms with Crippen molar-refractivity contribution in [2.45, 2.75) is 34.3 Å². The molecule has 33 heavy (non-hydrogen) atoms. The molecule has 1 aromatic carbocycles. The van der Waals surface area contributed by atoms with Gasteiger partial charge in [-0.3, -0.25) is 5.32 Å². The Morgan fingerprint density at radius 3 is 2.58 bits per heavy atom. The summed E-state index contributed by atoms with van der Waals surface area (Å²) in [6.45, 7) is 8.30. The number of nitrogens with zero attached hydrogens (tertiary/aromatic N) is 9. The summed E-state index contributed by atoms with van der Waals surface area (Å²) < 4.78 is 6.74. The summed E-state index contributed by atoms with van der Waals surface area (Å²) in [4.78, 5) is 22.5. The van der Waals surface area contributed by atoms with Crippen molar-refractivity contribution in [3.63, 3.8) is 0 Å². The van der Waals surface area contributed by atoms with Gasteiger partial charge in [0.15, 0.2) is 5.82 Å². The SMILES string of the molecule is COCc1nc2nnc(-c3ccnc(Nc4nc(C)c5cc(C)c(C)cc5n4)n3)c(C)n2n1. The minimum atomic E-state index is 0.296. The summed E-state index contributed by atoms with van der Waals surface area (Å²) >= 11 is 0. The second-order valence-electron chi connectivity index (χ2n) is 7.78. The lowest BCUT2D eigenvalue weighted by molar-refractivity contribution is 0.178. The van der Waals surface area contributed by atoms with Gasteiger partial charge in [-0.2, -0.15) is 9.50 Å². The van der Waals surface area contributed by atoms with Gasteiger partial charge >= 0.3 is 0 Å². The maximum absolute atomic E-state index is 5.10. The summed E-state index contributed by atoms with van der Waals surface area (Å²) in [5, 5.41) is 17.1. The van der Waals surface area contributed by atoms with E-state index in [2.05, 4.69) is 71.5 Å². The van der Waals surface area contributed by atoms with Gasteiger partial charge in [-0.25, -0.2) is 19.9 Å². The number of hydrogen-bond donors (Lipinski definition) is 1. The molecule has 166 valence electrons. The molecule has 0 radical (unpaired) electrons. The zero-order chi connectivity index (χ0) is 23.1. The van der Waals surface area contributed by atoms with Crippen LogP contribution >= 0.6 is 0 Å². The zero-order valence-electron chi connectivity index (χ0n) is 18.9. The number of nitrogens with one attached hydrogen (secondary N) is 1. The van der Waals surface area contributed by atoms with Crippen LogP contribution in [0.1, 0.15) is 28.3 Å². The first kappa shape index (κ1) is 20.8. The molecule has 4 heterocycles. The molecule has 0 aliphatic rings. The van der Waals surface area contributed by atoms with Crippen LogP contribution in [0.5, 0.6) is 0 Å². The number of fused-ring (bicyclic) bond motifs is 2. The molecule has 0 amide bonds. The summed E-state index contributed by atoms with van der Waals surface area (Å²) in [7, 11) is 1.59. The van der Waals surface area contributed by atoms with Crippen molar-refractivity contribution >= 4 is 28.6 Å². The highest BCUT2D eigenvalue weighted by Crippen LogP contribution is 2.23. The summed E-state index contributed by atoms with van der Waals surface area (Å²) in [6, 6.07) is 5.94. The molecule has 0 spiro atoms. The Labute approximate surface area is 189 Å². The fourth-order valence-electron chi connectivity index (χ4n) is 3.58. The number of hydrogen-bond acceptors (Lipinski definition) is 10. The average Bonchev–Trinajstić information content (AvgIpc) is 3.20. The maximum Gasteiger partial charge on any atom is 0.272 e. The lowest BCUT2D eigenvalue weighted by Gasteiger charge is -2.10. The van der Waals surface area contributed by atoms with E-state index in [1.165, 1.54) is 11.1 Å². The van der Waals surface area contributed by atoms with Gasteiger partial charge in [0.05, 0.1) is 22.6 Å². The van der Waals surface area contributed by atoms with E-state index in [1.54, 1.807) is 23.9 Å². The zero-order valence-corrected chi connectivity index (χ0v) is 18.9. The molecule has 0 aliphatic heterocycles. The first-order chi connectivity index (χ1) is 15.9. The van der Waals surface area contributed by atoms with Crippen LogP contribution in [0.4, 0.5) is 11.9 Å². The molecule has 5 rings (SSSR count). The third kappa shape index (κ3) is 3.82. The Kier molecular flexibility index (Phi) is 5.09. The van der Waals surface area contributed by atoms with E-state index < -0.39 is 0 Å². The molecular formula is C22H22N10O. The first-order valence-electron chi connectivity index (χ1n) is 10.4. The van der Waals surface area contributed by atoms with E-state index in [4.69, 9.17) is 4.74 Å². The van der Waals surface area contributed by atoms with Crippen LogP contribution in [0.3, 0.4) is 0 Å². The van der Waals surface area contributed by atoms with Gasteiger partial charge in [0, 0.05) is 18.7 Å². The van der Waals surface area contributed by atoms with Crippen LogP contribution < -0.4 is 5.32 Å². The monoisotopic (exact) mass is 442 g/mol. The van der Waals surface area contributed by atoms with E-state index >= 15 is 0 Å². The van der Waals surface area contributed by atoms with Crippen LogP contribution in [0, 0.1) is 27.7 Å². The fourth-order valence-corrected chi connectivity index (χ4v) is 3.58. The van der Waals surface area contributed by atoms with Crippen LogP contribution in [0.15, 0.2) is 24.4 Å². The standard InChI is InChI=1S/C22H22N10O/c1-11-8-15-13(3)24-21(26-17(15)9-12(11)2)28-20-23-7-6-16(25-20)19-14(4)32-22(30-29-19)27-18(31-32)10-33-5/h6-9H,10H2,1-5H3,(H,23,24,25,26,28). The highest BCUT2D eigenvalue weighted by atomic mass is 16.5. The van der Waals surface area contributed by atoms with E-state index in [0.717, 1.165) is 22.3 Å². The Morgan fingerprint density at radius 1 is 0.939 bits per heavy atom. The molecule has 4 aromatic heterocycles. The van der Waals surface area contributed by atoms with Crippen molar-refractivity contribution < 1.29 is 4.74 Å². The summed E-state index contributed by atoms with van der Waals surface area (Å²) in [5.74, 6) is 1.72. The van der Waals surface area contributed by atoms with Crippen molar-refractivity contribution in [1.82, 2.24) is 44.7 Å². The fraction of sp³-hybridized carbons (Fsp3) is 0.273. The molecule has 0 atom stereocenters. The average molecular weight is 442 g/mol. The lowest BCUT2D eigenvalue weighted by atomic mass is 10.1. The predicted octanol–water partition coefficient (Wildman–Crippen LogP) is 3.04. The number of rotatable bonds is 5. The van der Waals surface area contributed by atoms with Crippen LogP contribution in [0.25, 0.3) is 28.1 Å². The number of ether oxygens (including phenoxy) is 1. The molecule has 0 saturated carbocycles. The van der Waals surface area contributed by atoms with Gasteiger partial charge in [-0.05, 0) is 57.0 Å². The van der Waals surface area contributed by atoms with Gasteiger partial charge in [-0.15, -0.1) is 15.3 Å². The second kappa shape index (κ2) is 8.10. The molecule has 0 aliphatic carbocycles. The van der Waals surface area contributed by atoms with E-state index in [9.17, 15) is 0 Å². The van der Waals surface area contributed by atoms with Crippen LogP contribution in [-0.4, -0.2) is 51.8 Å². The smallest absolute Gasteiger partial charge is 0.272 e. The number of aryl methyl sites for hydroxylation is 4. The van der Waals surface area contributed by atoms with E-state index in [0.29, 0.717) is 41.5 Å². The Hall–Kier alpha value is -4.12. The summed E-state index contributed by atoms with van der Waals surface area (Å²) in [5.41, 5.74) is 6.05. The molecule has 1 N–H and O–H groups in total. The van der Waals surface area contributed by atoms with Crippen LogP contribution in [0.2, 0.25) is 0 Å². The normalized spacial score (nSPS) is 11.4. The van der Waals surface area contributed by atoms with Crippen LogP contribution in [-0.2, 0) is 11.3 Å². The Bertz CT molecular complexity index is 1510. The van der Waals surface area contributed by atoms with E-state index in [1.807, 2.05) is 13.8 Å². The van der Waals surface area contributed by atoms with Gasteiger partial charge in [-0.1, -0.05) is 0 Å². The highest BCUT2D eigenvalue weighted by molar-refractivity contribution is 5.83. The maximum atomic E-state index is 5.10. The van der Waals surface area contributed by atoms with Crippen molar-refractivity contribution in [2.75, 3.05) is 12.4 Å². The minimum Gasteiger partial charge on any atom is -0.377 e. The van der Waals surface area contributed by atoms with E-state index in [-0.39, 0.29) is 0 Å². The molecule has 11 nitrogen and oxygen atoms in total. The van der Waals surface area contributed by atoms with Crippen molar-refractivity contribution in [3.8, 4) is 11.4 Å². The number of anilines is 2. The Balaban J connectivity index is 1.50. The number of methoxy groups -OCH3 is 1. The largest absolute Gasteiger partial charge is 0.377 e. The van der Waals surface area contributed by atoms with Crippen molar-refractivity contribution in [2.24, 2.45) is 0 Å². The molecule has 0 saturated heterocycles. The van der Waals surface area contributed by atoms with Gasteiger partial charge in [0.2, 0.25) is 11.9 Å². The number of benzene rings is 1. The molecule has 11 heteroatoms. The quantitative estimate of drug-likeness (QED) is 0.433. The Morgan fingerprint density at radius 2 is 1.76 bits per heavy atom. The van der Waals surface area contributed by atoms with Crippen molar-refractivity contribution in [3.05, 3.63) is 52.7 Å². The topological polar surface area (TPSA) is 129 Å². The highest BCUT2D eigenvalue weighted by Gasteiger charge is 2.15. The third-order valence-corrected chi connectivity index (χ3v) is 5.43. The minimum absolute atomic E-state index is 0.296. The van der Waals surface area contributed by atoms with Crippen molar-refractivity contribution in [1.29, 1.82) is 0 Å². The molecule has 0 bridgehead atoms. The predicted molar refractivity (Wildman–Crippen MR) is 122 cm³/mol. The van der Waals surface area contributed by atoms with Gasteiger partial charge in [0.1, 0.15) is 12.3 Å². The summed E-state index contributed by atoms with van der Waals surface area (Å²) in [6.07, 6.45) is 1.65. The van der Waals surface area contributed by atoms with Gasteiger partial charge < -0.3 is 4.74 Å². The second-order valence-corrected chi connectivity index (χ2v) is 7.78. The molecule has 0 fully saturated rings. The molecule has 0 unspecified atom stereocenters.